The number of imidazole rings is 1. The van der Waals surface area contributed by atoms with Gasteiger partial charge >= 0.3 is 0 Å². The fourth-order valence-corrected chi connectivity index (χ4v) is 4.02. The third kappa shape index (κ3) is 3.58. The molecule has 0 atom stereocenters. The molecule has 3 heterocycles. The van der Waals surface area contributed by atoms with Crippen molar-refractivity contribution in [1.29, 1.82) is 0 Å². The normalized spacial score (nSPS) is 11.4. The molecule has 0 N–H and O–H groups in total. The molecule has 0 unspecified atom stereocenters. The van der Waals surface area contributed by atoms with Gasteiger partial charge in [-0.25, -0.2) is 15.0 Å². The van der Waals surface area contributed by atoms with E-state index in [9.17, 15) is 0 Å². The van der Waals surface area contributed by atoms with Gasteiger partial charge in [0, 0.05) is 17.5 Å². The fourth-order valence-electron chi connectivity index (χ4n) is 3.69. The Balaban J connectivity index is 1.64. The quantitative estimate of drug-likeness (QED) is 0.328. The van der Waals surface area contributed by atoms with Gasteiger partial charge in [0.2, 0.25) is 5.28 Å². The Morgan fingerprint density at radius 1 is 0.968 bits per heavy atom. The highest BCUT2D eigenvalue weighted by molar-refractivity contribution is 6.33. The van der Waals surface area contributed by atoms with E-state index >= 15 is 0 Å². The maximum atomic E-state index is 6.31. The average Bonchev–Trinajstić information content (AvgIpc) is 3.11. The van der Waals surface area contributed by atoms with E-state index in [0.29, 0.717) is 17.3 Å². The van der Waals surface area contributed by atoms with E-state index in [1.54, 1.807) is 7.11 Å². The molecule has 0 radical (unpaired) electrons. The van der Waals surface area contributed by atoms with E-state index in [4.69, 9.17) is 32.9 Å². The first-order valence-corrected chi connectivity index (χ1v) is 10.4. The molecule has 0 aliphatic heterocycles. The number of rotatable bonds is 4. The van der Waals surface area contributed by atoms with Gasteiger partial charge in [-0.15, -0.1) is 0 Å². The van der Waals surface area contributed by atoms with Crippen LogP contribution in [0.4, 0.5) is 0 Å². The van der Waals surface area contributed by atoms with Gasteiger partial charge in [-0.05, 0) is 48.4 Å². The molecule has 8 heteroatoms. The van der Waals surface area contributed by atoms with Crippen molar-refractivity contribution in [2.45, 2.75) is 13.5 Å². The number of methoxy groups -OCH3 is 1. The van der Waals surface area contributed by atoms with Crippen molar-refractivity contribution in [3.05, 3.63) is 76.6 Å². The summed E-state index contributed by atoms with van der Waals surface area (Å²) in [7, 11) is 1.66. The van der Waals surface area contributed by atoms with Crippen molar-refractivity contribution in [3.63, 3.8) is 0 Å². The summed E-state index contributed by atoms with van der Waals surface area (Å²) in [6.45, 7) is 2.69. The molecular weight excluding hydrogens is 433 g/mol. The highest BCUT2D eigenvalue weighted by Crippen LogP contribution is 2.31. The Morgan fingerprint density at radius 2 is 1.77 bits per heavy atom. The maximum absolute atomic E-state index is 6.31. The van der Waals surface area contributed by atoms with Crippen LogP contribution in [0.5, 0.6) is 5.75 Å². The minimum absolute atomic E-state index is 0.149. The zero-order chi connectivity index (χ0) is 21.5. The zero-order valence-electron chi connectivity index (χ0n) is 16.8. The second kappa shape index (κ2) is 7.80. The van der Waals surface area contributed by atoms with E-state index in [-0.39, 0.29) is 5.28 Å². The molecule has 154 valence electrons. The van der Waals surface area contributed by atoms with Gasteiger partial charge in [0.1, 0.15) is 11.6 Å². The van der Waals surface area contributed by atoms with Gasteiger partial charge in [-0.2, -0.15) is 0 Å². The number of aryl methyl sites for hydroxylation is 1. The lowest BCUT2D eigenvalue weighted by atomic mass is 10.1. The number of hydrogen-bond donors (Lipinski definition) is 0. The molecule has 5 aromatic rings. The largest absolute Gasteiger partial charge is 0.497 e. The molecule has 31 heavy (non-hydrogen) atoms. The van der Waals surface area contributed by atoms with Crippen LogP contribution in [0.1, 0.15) is 11.4 Å². The molecular formula is C23H17Cl2N5O. The molecule has 5 rings (SSSR count). The first-order chi connectivity index (χ1) is 15.0. The van der Waals surface area contributed by atoms with Crippen LogP contribution >= 0.6 is 23.2 Å². The summed E-state index contributed by atoms with van der Waals surface area (Å²) >= 11 is 12.3. The standard InChI is InChI=1S/C23H17Cl2N5O/c1-13-28-22-17-9-15(21-18(24)10-27-23(25)29-21)5-8-19(17)26-11-20(22)30(13)12-14-3-6-16(31-2)7-4-14/h3-11H,12H2,1-2H3. The zero-order valence-corrected chi connectivity index (χ0v) is 18.3. The molecule has 0 amide bonds. The van der Waals surface area contributed by atoms with Crippen molar-refractivity contribution in [2.75, 3.05) is 7.11 Å². The molecule has 2 aromatic carbocycles. The molecule has 0 fully saturated rings. The summed E-state index contributed by atoms with van der Waals surface area (Å²) in [5, 5.41) is 1.51. The summed E-state index contributed by atoms with van der Waals surface area (Å²) in [4.78, 5) is 17.7. The van der Waals surface area contributed by atoms with E-state index in [1.165, 1.54) is 6.20 Å². The highest BCUT2D eigenvalue weighted by Gasteiger charge is 2.14. The van der Waals surface area contributed by atoms with Gasteiger partial charge in [-0.1, -0.05) is 29.8 Å². The Morgan fingerprint density at radius 3 is 2.55 bits per heavy atom. The number of pyridine rings is 1. The monoisotopic (exact) mass is 449 g/mol. The lowest BCUT2D eigenvalue weighted by molar-refractivity contribution is 0.414. The van der Waals surface area contributed by atoms with Crippen LogP contribution < -0.4 is 4.74 Å². The molecule has 6 nitrogen and oxygen atoms in total. The van der Waals surface area contributed by atoms with Gasteiger partial charge in [0.25, 0.3) is 0 Å². The van der Waals surface area contributed by atoms with E-state index in [2.05, 4.69) is 31.7 Å². The predicted octanol–water partition coefficient (Wildman–Crippen LogP) is 5.71. The lowest BCUT2D eigenvalue weighted by Crippen LogP contribution is -2.02. The van der Waals surface area contributed by atoms with Crippen LogP contribution in [-0.2, 0) is 6.54 Å². The van der Waals surface area contributed by atoms with Crippen LogP contribution in [0.3, 0.4) is 0 Å². The second-order valence-electron chi connectivity index (χ2n) is 7.15. The van der Waals surface area contributed by atoms with Gasteiger partial charge in [0.05, 0.1) is 46.8 Å². The van der Waals surface area contributed by atoms with Gasteiger partial charge in [0.15, 0.2) is 0 Å². The van der Waals surface area contributed by atoms with Crippen molar-refractivity contribution in [3.8, 4) is 17.0 Å². The summed E-state index contributed by atoms with van der Waals surface area (Å²) in [6.07, 6.45) is 3.37. The minimum Gasteiger partial charge on any atom is -0.497 e. The van der Waals surface area contributed by atoms with Crippen molar-refractivity contribution >= 4 is 45.1 Å². The summed E-state index contributed by atoms with van der Waals surface area (Å²) in [5.74, 6) is 1.74. The molecule has 0 bridgehead atoms. The summed E-state index contributed by atoms with van der Waals surface area (Å²) in [6, 6.07) is 13.9. The smallest absolute Gasteiger partial charge is 0.222 e. The molecule has 0 saturated carbocycles. The molecule has 0 aliphatic rings. The number of hydrogen-bond acceptors (Lipinski definition) is 5. The maximum Gasteiger partial charge on any atom is 0.222 e. The Bertz CT molecular complexity index is 1430. The number of nitrogens with zero attached hydrogens (tertiary/aromatic N) is 5. The molecule has 0 saturated heterocycles. The Labute approximate surface area is 188 Å². The second-order valence-corrected chi connectivity index (χ2v) is 7.90. The third-order valence-corrected chi connectivity index (χ3v) is 5.72. The number of fused-ring (bicyclic) bond motifs is 3. The van der Waals surface area contributed by atoms with Crippen molar-refractivity contribution < 1.29 is 4.74 Å². The first kappa shape index (κ1) is 19.7. The van der Waals surface area contributed by atoms with E-state index in [0.717, 1.165) is 44.6 Å². The SMILES string of the molecule is COc1ccc(Cn2c(C)nc3c4cc(-c5nc(Cl)ncc5Cl)ccc4ncc32)cc1. The predicted molar refractivity (Wildman–Crippen MR) is 123 cm³/mol. The summed E-state index contributed by atoms with van der Waals surface area (Å²) in [5.41, 5.74) is 5.26. The van der Waals surface area contributed by atoms with Gasteiger partial charge in [-0.3, -0.25) is 4.98 Å². The molecule has 0 aliphatic carbocycles. The highest BCUT2D eigenvalue weighted by atomic mass is 35.5. The van der Waals surface area contributed by atoms with E-state index in [1.807, 2.05) is 43.5 Å². The fraction of sp³-hybridized carbons (Fsp3) is 0.130. The van der Waals surface area contributed by atoms with Crippen molar-refractivity contribution in [2.24, 2.45) is 0 Å². The number of halogens is 2. The number of aromatic nitrogens is 5. The topological polar surface area (TPSA) is 65.7 Å². The lowest BCUT2D eigenvalue weighted by Gasteiger charge is -2.09. The number of ether oxygens (including phenoxy) is 1. The summed E-state index contributed by atoms with van der Waals surface area (Å²) < 4.78 is 7.41. The Hall–Kier alpha value is -3.22. The van der Waals surface area contributed by atoms with Gasteiger partial charge < -0.3 is 9.30 Å². The van der Waals surface area contributed by atoms with Crippen LogP contribution in [0.2, 0.25) is 10.3 Å². The van der Waals surface area contributed by atoms with E-state index < -0.39 is 0 Å². The molecule has 0 spiro atoms. The van der Waals surface area contributed by atoms with Crippen LogP contribution in [0, 0.1) is 6.92 Å². The van der Waals surface area contributed by atoms with Crippen LogP contribution in [0.15, 0.2) is 54.9 Å². The first-order valence-electron chi connectivity index (χ1n) is 9.60. The van der Waals surface area contributed by atoms with Crippen LogP contribution in [-0.4, -0.2) is 31.6 Å². The molecule has 3 aromatic heterocycles. The van der Waals surface area contributed by atoms with Crippen LogP contribution in [0.25, 0.3) is 33.2 Å². The minimum atomic E-state index is 0.149. The number of benzene rings is 2. The third-order valence-electron chi connectivity index (χ3n) is 5.26. The average molecular weight is 450 g/mol. The Kier molecular flexibility index (Phi) is 4.96. The van der Waals surface area contributed by atoms with Crippen molar-refractivity contribution in [1.82, 2.24) is 24.5 Å².